The number of piperidine rings is 1. The van der Waals surface area contributed by atoms with E-state index >= 15 is 0 Å². The zero-order valence-electron chi connectivity index (χ0n) is 18.8. The molecule has 3 rings (SSSR count). The molecule has 1 fully saturated rings. The number of carbonyl (C=O) groups excluding carboxylic acids is 1. The molecule has 2 aromatic carbocycles. The fraction of sp³-hybridized carbons (Fsp3) is 0.480. The van der Waals surface area contributed by atoms with Crippen molar-refractivity contribution < 1.29 is 27.1 Å². The van der Waals surface area contributed by atoms with Gasteiger partial charge in [-0.1, -0.05) is 0 Å². The van der Waals surface area contributed by atoms with Gasteiger partial charge in [0.25, 0.3) is 0 Å². The lowest BCUT2D eigenvalue weighted by atomic mass is 10.1. The molecule has 1 saturated heterocycles. The number of Topliss-reactive ketones (excluding diaryl/α,β-unsaturated/α-hetero) is 1. The highest BCUT2D eigenvalue weighted by Crippen LogP contribution is 2.30. The molecule has 0 N–H and O–H groups in total. The van der Waals surface area contributed by atoms with E-state index in [-0.39, 0.29) is 17.7 Å². The van der Waals surface area contributed by atoms with E-state index in [2.05, 4.69) is 9.80 Å². The second-order valence-electron chi connectivity index (χ2n) is 8.52. The van der Waals surface area contributed by atoms with Gasteiger partial charge >= 0.3 is 6.18 Å². The van der Waals surface area contributed by atoms with Crippen LogP contribution in [0.15, 0.2) is 48.5 Å². The van der Waals surface area contributed by atoms with E-state index in [9.17, 15) is 22.4 Å². The van der Waals surface area contributed by atoms with Crippen molar-refractivity contribution in [3.63, 3.8) is 0 Å². The van der Waals surface area contributed by atoms with Gasteiger partial charge in [0.15, 0.2) is 5.78 Å². The molecule has 1 heterocycles. The Morgan fingerprint density at radius 3 is 2.27 bits per heavy atom. The number of nitrogens with zero attached hydrogens (tertiary/aromatic N) is 2. The Balaban J connectivity index is 1.30. The second-order valence-corrected chi connectivity index (χ2v) is 8.52. The molecule has 0 atom stereocenters. The normalized spacial score (nSPS) is 15.7. The Morgan fingerprint density at radius 2 is 1.67 bits per heavy atom. The summed E-state index contributed by atoms with van der Waals surface area (Å²) in [6.07, 6.45) is -1.49. The summed E-state index contributed by atoms with van der Waals surface area (Å²) in [6.45, 7) is 4.36. The van der Waals surface area contributed by atoms with Crippen LogP contribution in [-0.2, 0) is 6.18 Å². The topological polar surface area (TPSA) is 32.8 Å². The maximum absolute atomic E-state index is 13.0. The van der Waals surface area contributed by atoms with Crippen molar-refractivity contribution in [1.29, 1.82) is 0 Å². The van der Waals surface area contributed by atoms with E-state index in [1.165, 1.54) is 36.4 Å². The molecule has 0 amide bonds. The molecule has 0 radical (unpaired) electrons. The zero-order chi connectivity index (χ0) is 23.8. The number of hydrogen-bond acceptors (Lipinski definition) is 4. The predicted octanol–water partition coefficient (Wildman–Crippen LogP) is 5.28. The molecule has 1 aliphatic heterocycles. The summed E-state index contributed by atoms with van der Waals surface area (Å²) in [6, 6.07) is 10.5. The molecule has 8 heteroatoms. The molecule has 0 aliphatic carbocycles. The number of carbonyl (C=O) groups is 1. The zero-order valence-corrected chi connectivity index (χ0v) is 18.8. The first-order valence-corrected chi connectivity index (χ1v) is 11.2. The molecule has 0 unspecified atom stereocenters. The van der Waals surface area contributed by atoms with Crippen LogP contribution in [0.25, 0.3) is 0 Å². The number of hydrogen-bond donors (Lipinski definition) is 0. The quantitative estimate of drug-likeness (QED) is 0.352. The smallest absolute Gasteiger partial charge is 0.416 e. The average molecular weight is 467 g/mol. The first-order valence-electron chi connectivity index (χ1n) is 11.2. The Morgan fingerprint density at radius 1 is 1.03 bits per heavy atom. The van der Waals surface area contributed by atoms with Crippen LogP contribution >= 0.6 is 0 Å². The van der Waals surface area contributed by atoms with Crippen molar-refractivity contribution in [2.24, 2.45) is 0 Å². The summed E-state index contributed by atoms with van der Waals surface area (Å²) >= 11 is 0. The van der Waals surface area contributed by atoms with Gasteiger partial charge in [-0.05, 0) is 81.4 Å². The molecule has 0 bridgehead atoms. The highest BCUT2D eigenvalue weighted by Gasteiger charge is 2.30. The van der Waals surface area contributed by atoms with Gasteiger partial charge < -0.3 is 14.5 Å². The minimum atomic E-state index is -4.34. The monoisotopic (exact) mass is 466 g/mol. The summed E-state index contributed by atoms with van der Waals surface area (Å²) in [5, 5.41) is 0. The SMILES string of the molecule is CN(CCCC(=O)c1ccc(F)cc1)CCN1CCC(Oc2ccc(C(F)(F)F)cc2)CC1. The fourth-order valence-electron chi connectivity index (χ4n) is 3.88. The Labute approximate surface area is 192 Å². The lowest BCUT2D eigenvalue weighted by Crippen LogP contribution is -2.41. The first kappa shape index (κ1) is 25.2. The highest BCUT2D eigenvalue weighted by atomic mass is 19.4. The summed E-state index contributed by atoms with van der Waals surface area (Å²) in [5.41, 5.74) is -0.131. The van der Waals surface area contributed by atoms with Gasteiger partial charge in [0.2, 0.25) is 0 Å². The van der Waals surface area contributed by atoms with E-state index in [0.717, 1.165) is 64.1 Å². The molecular formula is C25H30F4N2O2. The highest BCUT2D eigenvalue weighted by molar-refractivity contribution is 5.95. The lowest BCUT2D eigenvalue weighted by Gasteiger charge is -2.33. The number of benzene rings is 2. The van der Waals surface area contributed by atoms with E-state index in [0.29, 0.717) is 17.7 Å². The van der Waals surface area contributed by atoms with Crippen molar-refractivity contribution in [2.45, 2.75) is 38.0 Å². The van der Waals surface area contributed by atoms with Crippen molar-refractivity contribution in [3.05, 3.63) is 65.5 Å². The fourth-order valence-corrected chi connectivity index (χ4v) is 3.88. The van der Waals surface area contributed by atoms with Crippen LogP contribution < -0.4 is 4.74 Å². The molecular weight excluding hydrogens is 436 g/mol. The van der Waals surface area contributed by atoms with Crippen LogP contribution in [-0.4, -0.2) is 61.5 Å². The van der Waals surface area contributed by atoms with Crippen molar-refractivity contribution in [3.8, 4) is 5.75 Å². The Bertz CT molecular complexity index is 877. The van der Waals surface area contributed by atoms with Crippen molar-refractivity contribution >= 4 is 5.78 Å². The number of alkyl halides is 3. The number of halogens is 4. The van der Waals surface area contributed by atoms with Crippen molar-refractivity contribution in [2.75, 3.05) is 39.8 Å². The standard InChI is InChI=1S/C25H30F4N2O2/c1-30(14-2-3-24(32)19-4-8-21(26)9-5-19)17-18-31-15-12-23(13-16-31)33-22-10-6-20(7-11-22)25(27,28)29/h4-11,23H,2-3,12-18H2,1H3. The van der Waals surface area contributed by atoms with Crippen LogP contribution in [0.1, 0.15) is 41.6 Å². The second kappa shape index (κ2) is 11.6. The molecule has 2 aromatic rings. The summed E-state index contributed by atoms with van der Waals surface area (Å²) in [4.78, 5) is 16.7. The van der Waals surface area contributed by atoms with Gasteiger partial charge in [0, 0.05) is 38.2 Å². The number of ketones is 1. The van der Waals surface area contributed by atoms with Gasteiger partial charge in [0.1, 0.15) is 17.7 Å². The van der Waals surface area contributed by atoms with Crippen LogP contribution in [0.3, 0.4) is 0 Å². The molecule has 0 saturated carbocycles. The van der Waals surface area contributed by atoms with Gasteiger partial charge in [-0.15, -0.1) is 0 Å². The average Bonchev–Trinajstić information content (AvgIpc) is 2.79. The summed E-state index contributed by atoms with van der Waals surface area (Å²) in [7, 11) is 2.03. The summed E-state index contributed by atoms with van der Waals surface area (Å²) < 4.78 is 56.8. The molecule has 180 valence electrons. The van der Waals surface area contributed by atoms with Crippen LogP contribution in [0, 0.1) is 5.82 Å². The predicted molar refractivity (Wildman–Crippen MR) is 119 cm³/mol. The number of ether oxygens (including phenoxy) is 1. The third-order valence-corrected chi connectivity index (χ3v) is 5.93. The van der Waals surface area contributed by atoms with E-state index in [1.807, 2.05) is 7.05 Å². The first-order chi connectivity index (χ1) is 15.7. The number of likely N-dealkylation sites (tertiary alicyclic amines) is 1. The molecule has 4 nitrogen and oxygen atoms in total. The van der Waals surface area contributed by atoms with E-state index in [4.69, 9.17) is 4.74 Å². The molecule has 0 aromatic heterocycles. The minimum Gasteiger partial charge on any atom is -0.490 e. The molecule has 1 aliphatic rings. The van der Waals surface area contributed by atoms with Gasteiger partial charge in [-0.2, -0.15) is 13.2 Å². The Kier molecular flexibility index (Phi) is 8.86. The van der Waals surface area contributed by atoms with Crippen molar-refractivity contribution in [1.82, 2.24) is 9.80 Å². The number of likely N-dealkylation sites (N-methyl/N-ethyl adjacent to an activating group) is 1. The van der Waals surface area contributed by atoms with Gasteiger partial charge in [-0.3, -0.25) is 4.79 Å². The van der Waals surface area contributed by atoms with E-state index < -0.39 is 11.7 Å². The van der Waals surface area contributed by atoms with Gasteiger partial charge in [-0.25, -0.2) is 4.39 Å². The van der Waals surface area contributed by atoms with E-state index in [1.54, 1.807) is 0 Å². The van der Waals surface area contributed by atoms with Crippen LogP contribution in [0.4, 0.5) is 17.6 Å². The number of rotatable bonds is 10. The van der Waals surface area contributed by atoms with Crippen LogP contribution in [0.2, 0.25) is 0 Å². The molecule has 0 spiro atoms. The van der Waals surface area contributed by atoms with Gasteiger partial charge in [0.05, 0.1) is 5.56 Å². The Hall–Kier alpha value is -2.45. The van der Waals surface area contributed by atoms with Crippen LogP contribution in [0.5, 0.6) is 5.75 Å². The minimum absolute atomic E-state index is 0.00758. The third-order valence-electron chi connectivity index (χ3n) is 5.93. The largest absolute Gasteiger partial charge is 0.490 e. The summed E-state index contributed by atoms with van der Waals surface area (Å²) in [5.74, 6) is 0.149. The maximum atomic E-state index is 13.0. The molecule has 33 heavy (non-hydrogen) atoms. The maximum Gasteiger partial charge on any atom is 0.416 e. The lowest BCUT2D eigenvalue weighted by molar-refractivity contribution is -0.137. The third kappa shape index (κ3) is 8.12.